The van der Waals surface area contributed by atoms with Crippen molar-refractivity contribution in [3.8, 4) is 5.75 Å². The molecule has 12 heavy (non-hydrogen) atoms. The number of benzene rings is 1. The van der Waals surface area contributed by atoms with Gasteiger partial charge in [0.2, 0.25) is 0 Å². The van der Waals surface area contributed by atoms with E-state index in [0.29, 0.717) is 0 Å². The molecule has 1 aromatic carbocycles. The topological polar surface area (TPSA) is 74.6 Å². The van der Waals surface area contributed by atoms with E-state index < -0.39 is 26.6 Å². The number of aromatic hydroxyl groups is 1. The Bertz CT molecular complexity index is 378. The summed E-state index contributed by atoms with van der Waals surface area (Å²) in [7, 11) is -4.69. The van der Waals surface area contributed by atoms with Crippen LogP contribution in [-0.2, 0) is 10.1 Å². The molecule has 0 saturated carbocycles. The molecule has 4 nitrogen and oxygen atoms in total. The van der Waals surface area contributed by atoms with Crippen LogP contribution in [0.15, 0.2) is 23.1 Å². The molecule has 0 aliphatic heterocycles. The molecule has 0 fully saturated rings. The van der Waals surface area contributed by atoms with Gasteiger partial charge in [0.1, 0.15) is 11.6 Å². The minimum absolute atomic E-state index is 0.808. The number of rotatable bonds is 1. The lowest BCUT2D eigenvalue weighted by atomic mass is 10.3. The fraction of sp³-hybridized carbons (Fsp3) is 0. The Kier molecular flexibility index (Phi) is 2.03. The quantitative estimate of drug-likeness (QED) is 0.644. The first-order chi connectivity index (χ1) is 5.43. The van der Waals surface area contributed by atoms with Crippen molar-refractivity contribution in [2.24, 2.45) is 0 Å². The number of phenols is 1. The summed E-state index contributed by atoms with van der Waals surface area (Å²) < 4.78 is 41.9. The van der Waals surface area contributed by atoms with Gasteiger partial charge in [0.05, 0.1) is 0 Å². The Morgan fingerprint density at radius 3 is 2.25 bits per heavy atom. The van der Waals surface area contributed by atoms with E-state index in [2.05, 4.69) is 0 Å². The monoisotopic (exact) mass is 192 g/mol. The van der Waals surface area contributed by atoms with Crippen molar-refractivity contribution >= 4 is 10.1 Å². The molecule has 0 atom stereocenters. The van der Waals surface area contributed by atoms with E-state index in [1.165, 1.54) is 0 Å². The summed E-state index contributed by atoms with van der Waals surface area (Å²) >= 11 is 0. The largest absolute Gasteiger partial charge is 0.506 e. The van der Waals surface area contributed by atoms with E-state index in [9.17, 15) is 12.8 Å². The van der Waals surface area contributed by atoms with Gasteiger partial charge in [-0.25, -0.2) is 4.39 Å². The molecule has 0 spiro atoms. The Hall–Kier alpha value is -1.14. The summed E-state index contributed by atoms with van der Waals surface area (Å²) in [5.74, 6) is -1.99. The van der Waals surface area contributed by atoms with Crippen molar-refractivity contribution < 1.29 is 22.5 Å². The van der Waals surface area contributed by atoms with Gasteiger partial charge in [-0.1, -0.05) is 6.07 Å². The summed E-state index contributed by atoms with van der Waals surface area (Å²) in [6.07, 6.45) is 0. The van der Waals surface area contributed by atoms with Crippen LogP contribution in [0.3, 0.4) is 0 Å². The van der Waals surface area contributed by atoms with Gasteiger partial charge in [0.25, 0.3) is 0 Å². The highest BCUT2D eigenvalue weighted by atomic mass is 32.2. The SMILES string of the molecule is O=S(=O)(O)c1c(O)cccc1F. The highest BCUT2D eigenvalue weighted by Gasteiger charge is 2.19. The molecule has 2 N–H and O–H groups in total. The highest BCUT2D eigenvalue weighted by molar-refractivity contribution is 7.86. The average molecular weight is 192 g/mol. The van der Waals surface area contributed by atoms with Crippen molar-refractivity contribution in [2.45, 2.75) is 4.90 Å². The molecule has 66 valence electrons. The van der Waals surface area contributed by atoms with Gasteiger partial charge in [-0.3, -0.25) is 4.55 Å². The Balaban J connectivity index is 3.53. The predicted molar refractivity (Wildman–Crippen MR) is 37.9 cm³/mol. The van der Waals surface area contributed by atoms with Crippen LogP contribution in [-0.4, -0.2) is 18.1 Å². The Morgan fingerprint density at radius 2 is 1.92 bits per heavy atom. The maximum absolute atomic E-state index is 12.6. The molecule has 0 aromatic heterocycles. The van der Waals surface area contributed by atoms with Gasteiger partial charge in [-0.05, 0) is 12.1 Å². The predicted octanol–water partition coefficient (Wildman–Crippen LogP) is 0.778. The molecule has 0 heterocycles. The van der Waals surface area contributed by atoms with Crippen molar-refractivity contribution in [2.75, 3.05) is 0 Å². The normalized spacial score (nSPS) is 11.5. The zero-order chi connectivity index (χ0) is 9.35. The van der Waals surface area contributed by atoms with Gasteiger partial charge in [0.15, 0.2) is 4.90 Å². The molecule has 1 rings (SSSR count). The standard InChI is InChI=1S/C6H5FO4S/c7-4-2-1-3-5(8)6(4)12(9,10)11/h1-3,8H,(H,9,10,11). The van der Waals surface area contributed by atoms with E-state index in [0.717, 1.165) is 18.2 Å². The lowest BCUT2D eigenvalue weighted by Gasteiger charge is -2.00. The third-order valence-electron chi connectivity index (χ3n) is 1.20. The second kappa shape index (κ2) is 2.72. The van der Waals surface area contributed by atoms with Crippen LogP contribution in [0.4, 0.5) is 4.39 Å². The summed E-state index contributed by atoms with van der Waals surface area (Å²) in [5.41, 5.74) is 0. The van der Waals surface area contributed by atoms with Crippen LogP contribution in [0.5, 0.6) is 5.75 Å². The summed E-state index contributed by atoms with van der Waals surface area (Å²) in [5, 5.41) is 8.85. The smallest absolute Gasteiger partial charge is 0.301 e. The van der Waals surface area contributed by atoms with E-state index in [1.54, 1.807) is 0 Å². The molecule has 0 bridgehead atoms. The summed E-state index contributed by atoms with van der Waals surface area (Å²) in [6.45, 7) is 0. The number of hydrogen-bond acceptors (Lipinski definition) is 3. The van der Waals surface area contributed by atoms with E-state index in [-0.39, 0.29) is 0 Å². The van der Waals surface area contributed by atoms with Crippen LogP contribution in [0, 0.1) is 5.82 Å². The van der Waals surface area contributed by atoms with Crippen molar-refractivity contribution in [1.82, 2.24) is 0 Å². The molecule has 0 aliphatic carbocycles. The highest BCUT2D eigenvalue weighted by Crippen LogP contribution is 2.24. The van der Waals surface area contributed by atoms with Crippen molar-refractivity contribution in [1.29, 1.82) is 0 Å². The second-order valence-corrected chi connectivity index (χ2v) is 3.42. The summed E-state index contributed by atoms with van der Waals surface area (Å²) in [4.78, 5) is -1.09. The molecule has 0 radical (unpaired) electrons. The zero-order valence-corrected chi connectivity index (χ0v) is 6.55. The van der Waals surface area contributed by atoms with E-state index in [4.69, 9.17) is 9.66 Å². The fourth-order valence-electron chi connectivity index (χ4n) is 0.753. The zero-order valence-electron chi connectivity index (χ0n) is 5.73. The van der Waals surface area contributed by atoms with E-state index in [1.807, 2.05) is 0 Å². The van der Waals surface area contributed by atoms with Crippen LogP contribution < -0.4 is 0 Å². The van der Waals surface area contributed by atoms with E-state index >= 15 is 0 Å². The van der Waals surface area contributed by atoms with Gasteiger partial charge in [-0.2, -0.15) is 8.42 Å². The first kappa shape index (κ1) is 8.95. The summed E-state index contributed by atoms with van der Waals surface area (Å²) in [6, 6.07) is 2.91. The lowest BCUT2D eigenvalue weighted by Crippen LogP contribution is -2.01. The fourth-order valence-corrected chi connectivity index (χ4v) is 1.40. The average Bonchev–Trinajstić information content (AvgIpc) is 1.82. The molecule has 1 aromatic rings. The number of halogens is 1. The van der Waals surface area contributed by atoms with Gasteiger partial charge in [-0.15, -0.1) is 0 Å². The lowest BCUT2D eigenvalue weighted by molar-refractivity contribution is 0.427. The minimum Gasteiger partial charge on any atom is -0.506 e. The first-order valence-electron chi connectivity index (χ1n) is 2.88. The molecule has 6 heteroatoms. The number of phenolic OH excluding ortho intramolecular Hbond substituents is 1. The van der Waals surface area contributed by atoms with Gasteiger partial charge in [0, 0.05) is 0 Å². The minimum atomic E-state index is -4.69. The maximum Gasteiger partial charge on any atom is 0.301 e. The molecule has 0 aliphatic rings. The molecule has 0 unspecified atom stereocenters. The third-order valence-corrected chi connectivity index (χ3v) is 2.12. The van der Waals surface area contributed by atoms with Crippen molar-refractivity contribution in [3.05, 3.63) is 24.0 Å². The van der Waals surface area contributed by atoms with Crippen LogP contribution >= 0.6 is 0 Å². The van der Waals surface area contributed by atoms with Gasteiger partial charge < -0.3 is 5.11 Å². The third kappa shape index (κ3) is 1.54. The maximum atomic E-state index is 12.6. The molecule has 0 saturated heterocycles. The van der Waals surface area contributed by atoms with Gasteiger partial charge >= 0.3 is 10.1 Å². The second-order valence-electron chi connectivity index (χ2n) is 2.06. The Morgan fingerprint density at radius 1 is 1.33 bits per heavy atom. The van der Waals surface area contributed by atoms with Crippen LogP contribution in [0.2, 0.25) is 0 Å². The van der Waals surface area contributed by atoms with Crippen molar-refractivity contribution in [3.63, 3.8) is 0 Å². The molecular formula is C6H5FO4S. The van der Waals surface area contributed by atoms with Crippen LogP contribution in [0.25, 0.3) is 0 Å². The molecule has 0 amide bonds. The number of hydrogen-bond donors (Lipinski definition) is 2. The first-order valence-corrected chi connectivity index (χ1v) is 4.32. The van der Waals surface area contributed by atoms with Crippen LogP contribution in [0.1, 0.15) is 0 Å². The molecular weight excluding hydrogens is 187 g/mol. The Labute approximate surface area is 68.0 Å².